The summed E-state index contributed by atoms with van der Waals surface area (Å²) >= 11 is 0. The first-order valence-corrected chi connectivity index (χ1v) is 4.64. The van der Waals surface area contributed by atoms with Gasteiger partial charge >= 0.3 is 0 Å². The van der Waals surface area contributed by atoms with Gasteiger partial charge in [-0.25, -0.2) is 0 Å². The number of aromatic nitrogens is 2. The average molecular weight is 193 g/mol. The number of hydrogen-bond acceptors (Lipinski definition) is 5. The normalized spacial score (nSPS) is 17.4. The van der Waals surface area contributed by atoms with Crippen LogP contribution in [0.4, 0.5) is 17.6 Å². The largest absolute Gasteiger partial charge is 0.373 e. The second kappa shape index (κ2) is 2.73. The van der Waals surface area contributed by atoms with Crippen molar-refractivity contribution >= 4 is 17.6 Å². The van der Waals surface area contributed by atoms with Crippen LogP contribution in [0.2, 0.25) is 0 Å². The molecule has 1 aromatic heterocycles. The van der Waals surface area contributed by atoms with E-state index < -0.39 is 0 Å². The molecule has 76 valence electrons. The van der Waals surface area contributed by atoms with Crippen molar-refractivity contribution in [2.24, 2.45) is 0 Å². The molecule has 0 radical (unpaired) electrons. The van der Waals surface area contributed by atoms with E-state index in [9.17, 15) is 0 Å². The highest BCUT2D eigenvalue weighted by atomic mass is 15.2. The summed E-state index contributed by atoms with van der Waals surface area (Å²) in [5.74, 6) is 1.98. The summed E-state index contributed by atoms with van der Waals surface area (Å²) in [6, 6.07) is 0. The van der Waals surface area contributed by atoms with Crippen LogP contribution in [0.3, 0.4) is 0 Å². The summed E-state index contributed by atoms with van der Waals surface area (Å²) < 4.78 is 0. The lowest BCUT2D eigenvalue weighted by Gasteiger charge is -2.19. The molecule has 0 saturated heterocycles. The van der Waals surface area contributed by atoms with Crippen LogP contribution in [-0.2, 0) is 5.41 Å². The van der Waals surface area contributed by atoms with Gasteiger partial charge in [0, 0.05) is 24.6 Å². The molecule has 2 heterocycles. The molecule has 4 N–H and O–H groups in total. The highest BCUT2D eigenvalue weighted by molar-refractivity contribution is 5.67. The SMILES string of the molecule is CNc1nc(N)nc2c1C(C)(C)CN2. The van der Waals surface area contributed by atoms with Gasteiger partial charge in [-0.05, 0) is 0 Å². The van der Waals surface area contributed by atoms with Crippen molar-refractivity contribution in [2.75, 3.05) is 30.0 Å². The lowest BCUT2D eigenvalue weighted by atomic mass is 9.88. The van der Waals surface area contributed by atoms with Crippen molar-refractivity contribution in [1.82, 2.24) is 9.97 Å². The van der Waals surface area contributed by atoms with Crippen molar-refractivity contribution in [3.05, 3.63) is 5.56 Å². The van der Waals surface area contributed by atoms with E-state index in [-0.39, 0.29) is 5.41 Å². The Bertz CT molecular complexity index is 372. The third kappa shape index (κ3) is 1.16. The van der Waals surface area contributed by atoms with Gasteiger partial charge < -0.3 is 16.4 Å². The van der Waals surface area contributed by atoms with Crippen molar-refractivity contribution in [1.29, 1.82) is 0 Å². The van der Waals surface area contributed by atoms with Crippen molar-refractivity contribution in [3.8, 4) is 0 Å². The summed E-state index contributed by atoms with van der Waals surface area (Å²) in [7, 11) is 1.84. The molecule has 0 spiro atoms. The predicted molar refractivity (Wildman–Crippen MR) is 57.5 cm³/mol. The quantitative estimate of drug-likeness (QED) is 0.615. The van der Waals surface area contributed by atoms with Crippen LogP contribution in [0, 0.1) is 0 Å². The molecule has 5 nitrogen and oxygen atoms in total. The van der Waals surface area contributed by atoms with E-state index in [0.29, 0.717) is 5.95 Å². The number of nitrogens with one attached hydrogen (secondary N) is 2. The Morgan fingerprint density at radius 2 is 2.14 bits per heavy atom. The molecule has 0 atom stereocenters. The fourth-order valence-corrected chi connectivity index (χ4v) is 1.82. The Hall–Kier alpha value is -1.52. The molecule has 0 aromatic carbocycles. The zero-order valence-corrected chi connectivity index (χ0v) is 8.68. The van der Waals surface area contributed by atoms with Gasteiger partial charge in [0.05, 0.1) is 0 Å². The number of nitrogen functional groups attached to an aromatic ring is 1. The summed E-state index contributed by atoms with van der Waals surface area (Å²) in [5.41, 5.74) is 6.77. The van der Waals surface area contributed by atoms with Gasteiger partial charge in [0.1, 0.15) is 11.6 Å². The first kappa shape index (κ1) is 9.05. The van der Waals surface area contributed by atoms with Crippen LogP contribution in [0.5, 0.6) is 0 Å². The van der Waals surface area contributed by atoms with Crippen molar-refractivity contribution in [3.63, 3.8) is 0 Å². The summed E-state index contributed by atoms with van der Waals surface area (Å²) in [6.45, 7) is 5.19. The van der Waals surface area contributed by atoms with Crippen LogP contribution in [0.25, 0.3) is 0 Å². The molecule has 1 aliphatic rings. The van der Waals surface area contributed by atoms with Gasteiger partial charge in [0.2, 0.25) is 5.95 Å². The van der Waals surface area contributed by atoms with Gasteiger partial charge in [-0.2, -0.15) is 9.97 Å². The standard InChI is InChI=1S/C9H15N5/c1-9(2)4-12-7-5(9)6(11-3)13-8(10)14-7/h4H2,1-3H3,(H4,10,11,12,13,14). The zero-order chi connectivity index (χ0) is 10.3. The monoisotopic (exact) mass is 193 g/mol. The molecule has 1 aliphatic heterocycles. The van der Waals surface area contributed by atoms with E-state index in [1.54, 1.807) is 0 Å². The first-order valence-electron chi connectivity index (χ1n) is 4.64. The fraction of sp³-hybridized carbons (Fsp3) is 0.556. The van der Waals surface area contributed by atoms with E-state index in [2.05, 4.69) is 34.4 Å². The van der Waals surface area contributed by atoms with Crippen LogP contribution in [0.15, 0.2) is 0 Å². The predicted octanol–water partition coefficient (Wildman–Crippen LogP) is 0.804. The molecule has 0 bridgehead atoms. The molecule has 14 heavy (non-hydrogen) atoms. The number of fused-ring (bicyclic) bond motifs is 1. The minimum absolute atomic E-state index is 0.0569. The maximum Gasteiger partial charge on any atom is 0.223 e. The third-order valence-corrected chi connectivity index (χ3v) is 2.54. The van der Waals surface area contributed by atoms with E-state index >= 15 is 0 Å². The second-order valence-corrected chi connectivity index (χ2v) is 4.14. The van der Waals surface area contributed by atoms with Gasteiger partial charge in [-0.3, -0.25) is 0 Å². The number of nitrogens with zero attached hydrogens (tertiary/aromatic N) is 2. The third-order valence-electron chi connectivity index (χ3n) is 2.54. The summed E-state index contributed by atoms with van der Waals surface area (Å²) in [6.07, 6.45) is 0. The number of anilines is 3. The fourth-order valence-electron chi connectivity index (χ4n) is 1.82. The number of nitrogens with two attached hydrogens (primary N) is 1. The molecule has 0 fully saturated rings. The average Bonchev–Trinajstić information content (AvgIpc) is 2.41. The van der Waals surface area contributed by atoms with Crippen molar-refractivity contribution in [2.45, 2.75) is 19.3 Å². The Morgan fingerprint density at radius 1 is 1.43 bits per heavy atom. The molecule has 0 unspecified atom stereocenters. The number of rotatable bonds is 1. The zero-order valence-electron chi connectivity index (χ0n) is 8.68. The van der Waals surface area contributed by atoms with E-state index in [0.717, 1.165) is 23.7 Å². The lowest BCUT2D eigenvalue weighted by molar-refractivity contribution is 0.586. The van der Waals surface area contributed by atoms with Crippen LogP contribution < -0.4 is 16.4 Å². The molecule has 0 amide bonds. The van der Waals surface area contributed by atoms with Crippen LogP contribution in [0.1, 0.15) is 19.4 Å². The first-order chi connectivity index (χ1) is 6.54. The number of hydrogen-bond donors (Lipinski definition) is 3. The van der Waals surface area contributed by atoms with Crippen LogP contribution >= 0.6 is 0 Å². The van der Waals surface area contributed by atoms with E-state index in [1.165, 1.54) is 0 Å². The maximum atomic E-state index is 5.59. The topological polar surface area (TPSA) is 75.9 Å². The molecule has 0 aliphatic carbocycles. The molecule has 0 saturated carbocycles. The molecular weight excluding hydrogens is 178 g/mol. The van der Waals surface area contributed by atoms with Crippen LogP contribution in [-0.4, -0.2) is 23.6 Å². The minimum atomic E-state index is 0.0569. The maximum absolute atomic E-state index is 5.59. The Kier molecular flexibility index (Phi) is 1.77. The van der Waals surface area contributed by atoms with Crippen molar-refractivity contribution < 1.29 is 0 Å². The molecule has 1 aromatic rings. The molecular formula is C9H15N5. The highest BCUT2D eigenvalue weighted by Gasteiger charge is 2.34. The smallest absolute Gasteiger partial charge is 0.223 e. The summed E-state index contributed by atoms with van der Waals surface area (Å²) in [5, 5.41) is 6.29. The van der Waals surface area contributed by atoms with E-state index in [1.807, 2.05) is 7.05 Å². The molecule has 2 rings (SSSR count). The Morgan fingerprint density at radius 3 is 2.79 bits per heavy atom. The molecule has 5 heteroatoms. The second-order valence-electron chi connectivity index (χ2n) is 4.14. The van der Waals surface area contributed by atoms with Gasteiger partial charge in [0.15, 0.2) is 0 Å². The Labute approximate surface area is 83.1 Å². The van der Waals surface area contributed by atoms with Gasteiger partial charge in [0.25, 0.3) is 0 Å². The lowest BCUT2D eigenvalue weighted by Crippen LogP contribution is -2.20. The van der Waals surface area contributed by atoms with Gasteiger partial charge in [-0.15, -0.1) is 0 Å². The minimum Gasteiger partial charge on any atom is -0.373 e. The summed E-state index contributed by atoms with van der Waals surface area (Å²) in [4.78, 5) is 8.35. The van der Waals surface area contributed by atoms with E-state index in [4.69, 9.17) is 5.73 Å². The highest BCUT2D eigenvalue weighted by Crippen LogP contribution is 2.39. The van der Waals surface area contributed by atoms with Gasteiger partial charge in [-0.1, -0.05) is 13.8 Å². The Balaban J connectivity index is 2.63.